The van der Waals surface area contributed by atoms with Gasteiger partial charge in [-0.05, 0) is 18.8 Å². The smallest absolute Gasteiger partial charge is 0.288 e. The number of nitrogen functional groups attached to an aromatic ring is 1. The van der Waals surface area contributed by atoms with Gasteiger partial charge in [0.1, 0.15) is 0 Å². The van der Waals surface area contributed by atoms with Gasteiger partial charge < -0.3 is 11.1 Å². The number of rotatable bonds is 4. The van der Waals surface area contributed by atoms with Crippen molar-refractivity contribution in [2.75, 3.05) is 5.73 Å². The lowest BCUT2D eigenvalue weighted by molar-refractivity contribution is 0.0939. The van der Waals surface area contributed by atoms with E-state index in [0.717, 1.165) is 12.8 Å². The van der Waals surface area contributed by atoms with Crippen molar-refractivity contribution in [3.63, 3.8) is 0 Å². The summed E-state index contributed by atoms with van der Waals surface area (Å²) in [7, 11) is 0. The van der Waals surface area contributed by atoms with Crippen molar-refractivity contribution < 1.29 is 4.79 Å². The molecule has 1 aliphatic rings. The van der Waals surface area contributed by atoms with Crippen LogP contribution in [-0.2, 0) is 0 Å². The molecule has 4 N–H and O–H groups in total. The fraction of sp³-hybridized carbons (Fsp3) is 0.667. The van der Waals surface area contributed by atoms with E-state index >= 15 is 0 Å². The van der Waals surface area contributed by atoms with E-state index in [1.54, 1.807) is 0 Å². The molecule has 6 heteroatoms. The van der Waals surface area contributed by atoms with Gasteiger partial charge in [-0.3, -0.25) is 9.89 Å². The largest absolute Gasteiger partial charge is 0.366 e. The molecule has 0 aromatic carbocycles. The van der Waals surface area contributed by atoms with Crippen LogP contribution in [0.15, 0.2) is 0 Å². The molecule has 1 aromatic heterocycles. The Balaban J connectivity index is 1.84. The van der Waals surface area contributed by atoms with Crippen molar-refractivity contribution in [2.45, 2.75) is 32.2 Å². The van der Waals surface area contributed by atoms with Crippen LogP contribution in [0.3, 0.4) is 0 Å². The minimum atomic E-state index is -0.220. The standard InChI is InChI=1S/C9H15N5O/c1-2-3-5-4-6(5)11-8(15)7-12-9(10)14-13-7/h5-6H,2-4H2,1H3,(H,11,15)(H3,10,12,13,14). The Bertz CT molecular complexity index is 361. The average molecular weight is 209 g/mol. The molecule has 1 fully saturated rings. The van der Waals surface area contributed by atoms with Crippen LogP contribution in [0.2, 0.25) is 0 Å². The monoisotopic (exact) mass is 209 g/mol. The molecule has 1 aliphatic carbocycles. The molecule has 0 radical (unpaired) electrons. The second-order valence-electron chi connectivity index (χ2n) is 3.91. The zero-order valence-corrected chi connectivity index (χ0v) is 8.66. The van der Waals surface area contributed by atoms with Crippen molar-refractivity contribution in [1.29, 1.82) is 0 Å². The third-order valence-electron chi connectivity index (χ3n) is 2.62. The van der Waals surface area contributed by atoms with Crippen LogP contribution in [0.25, 0.3) is 0 Å². The quantitative estimate of drug-likeness (QED) is 0.664. The van der Waals surface area contributed by atoms with Gasteiger partial charge in [0.15, 0.2) is 0 Å². The highest BCUT2D eigenvalue weighted by Crippen LogP contribution is 2.34. The van der Waals surface area contributed by atoms with Gasteiger partial charge in [0.25, 0.3) is 5.91 Å². The van der Waals surface area contributed by atoms with Gasteiger partial charge in [-0.15, -0.1) is 5.10 Å². The van der Waals surface area contributed by atoms with Crippen LogP contribution in [0, 0.1) is 5.92 Å². The molecule has 15 heavy (non-hydrogen) atoms. The predicted octanol–water partition coefficient (Wildman–Crippen LogP) is 0.305. The van der Waals surface area contributed by atoms with Crippen LogP contribution < -0.4 is 11.1 Å². The highest BCUT2D eigenvalue weighted by atomic mass is 16.2. The molecular weight excluding hydrogens is 194 g/mol. The Labute approximate surface area is 87.6 Å². The number of H-pyrrole nitrogens is 1. The SMILES string of the molecule is CCCC1CC1NC(=O)c1nc(N)n[nH]1. The summed E-state index contributed by atoms with van der Waals surface area (Å²) in [5, 5.41) is 8.98. The van der Waals surface area contributed by atoms with Gasteiger partial charge in [0, 0.05) is 6.04 Å². The summed E-state index contributed by atoms with van der Waals surface area (Å²) in [5.74, 6) is 0.706. The van der Waals surface area contributed by atoms with E-state index in [4.69, 9.17) is 5.73 Å². The molecule has 82 valence electrons. The molecule has 2 atom stereocenters. The molecule has 1 aromatic rings. The first kappa shape index (κ1) is 9.95. The lowest BCUT2D eigenvalue weighted by atomic mass is 10.2. The Morgan fingerprint density at radius 2 is 2.53 bits per heavy atom. The predicted molar refractivity (Wildman–Crippen MR) is 55.1 cm³/mol. The fourth-order valence-corrected chi connectivity index (χ4v) is 1.73. The second kappa shape index (κ2) is 3.88. The van der Waals surface area contributed by atoms with E-state index in [0.29, 0.717) is 12.0 Å². The third kappa shape index (κ3) is 2.26. The van der Waals surface area contributed by atoms with Crippen molar-refractivity contribution in [3.05, 3.63) is 5.82 Å². The molecule has 1 heterocycles. The van der Waals surface area contributed by atoms with Crippen molar-refractivity contribution in [3.8, 4) is 0 Å². The first-order valence-corrected chi connectivity index (χ1v) is 5.19. The summed E-state index contributed by atoms with van der Waals surface area (Å²) >= 11 is 0. The minimum Gasteiger partial charge on any atom is -0.366 e. The van der Waals surface area contributed by atoms with E-state index in [9.17, 15) is 4.79 Å². The minimum absolute atomic E-state index is 0.0982. The van der Waals surface area contributed by atoms with Crippen molar-refractivity contribution in [1.82, 2.24) is 20.5 Å². The maximum Gasteiger partial charge on any atom is 0.288 e. The van der Waals surface area contributed by atoms with Gasteiger partial charge in [-0.25, -0.2) is 0 Å². The summed E-state index contributed by atoms with van der Waals surface area (Å²) in [5.41, 5.74) is 5.30. The number of amides is 1. The summed E-state index contributed by atoms with van der Waals surface area (Å²) in [6, 6.07) is 0.309. The van der Waals surface area contributed by atoms with Crippen molar-refractivity contribution in [2.24, 2.45) is 5.92 Å². The Morgan fingerprint density at radius 3 is 3.13 bits per heavy atom. The van der Waals surface area contributed by atoms with E-state index < -0.39 is 0 Å². The van der Waals surface area contributed by atoms with Crippen LogP contribution in [0.5, 0.6) is 0 Å². The van der Waals surface area contributed by atoms with E-state index in [1.165, 1.54) is 6.42 Å². The summed E-state index contributed by atoms with van der Waals surface area (Å²) < 4.78 is 0. The first-order chi connectivity index (χ1) is 7.20. The molecule has 1 saturated carbocycles. The topological polar surface area (TPSA) is 96.7 Å². The maximum absolute atomic E-state index is 11.6. The summed E-state index contributed by atoms with van der Waals surface area (Å²) in [6.45, 7) is 2.15. The number of carbonyl (C=O) groups is 1. The number of hydrogen-bond acceptors (Lipinski definition) is 4. The second-order valence-corrected chi connectivity index (χ2v) is 3.91. The zero-order valence-electron chi connectivity index (χ0n) is 8.66. The summed E-state index contributed by atoms with van der Waals surface area (Å²) in [6.07, 6.45) is 3.40. The average Bonchev–Trinajstić information content (AvgIpc) is 2.76. The third-order valence-corrected chi connectivity index (χ3v) is 2.62. The van der Waals surface area contributed by atoms with Gasteiger partial charge in [-0.2, -0.15) is 4.98 Å². The molecule has 1 amide bonds. The molecule has 0 spiro atoms. The molecular formula is C9H15N5O. The number of hydrogen-bond donors (Lipinski definition) is 3. The number of anilines is 1. The summed E-state index contributed by atoms with van der Waals surface area (Å²) in [4.78, 5) is 15.3. The molecule has 2 unspecified atom stereocenters. The lowest BCUT2D eigenvalue weighted by Gasteiger charge is -2.00. The number of aromatic nitrogens is 3. The van der Waals surface area contributed by atoms with Crippen LogP contribution in [-0.4, -0.2) is 27.1 Å². The number of nitrogens with zero attached hydrogens (tertiary/aromatic N) is 2. The van der Waals surface area contributed by atoms with Gasteiger partial charge in [-0.1, -0.05) is 13.3 Å². The van der Waals surface area contributed by atoms with Crippen LogP contribution in [0.4, 0.5) is 5.95 Å². The Hall–Kier alpha value is -1.59. The van der Waals surface area contributed by atoms with Gasteiger partial charge in [0.05, 0.1) is 0 Å². The highest BCUT2D eigenvalue weighted by molar-refractivity contribution is 5.91. The maximum atomic E-state index is 11.6. The molecule has 0 aliphatic heterocycles. The van der Waals surface area contributed by atoms with Crippen LogP contribution >= 0.6 is 0 Å². The number of aromatic amines is 1. The number of carbonyl (C=O) groups excluding carboxylic acids is 1. The number of nitrogens with two attached hydrogens (primary N) is 1. The van der Waals surface area contributed by atoms with E-state index in [-0.39, 0.29) is 17.7 Å². The van der Waals surface area contributed by atoms with Gasteiger partial charge in [0.2, 0.25) is 11.8 Å². The number of nitrogens with one attached hydrogen (secondary N) is 2. The van der Waals surface area contributed by atoms with E-state index in [1.807, 2.05) is 0 Å². The molecule has 0 saturated heterocycles. The van der Waals surface area contributed by atoms with Crippen LogP contribution in [0.1, 0.15) is 36.8 Å². The fourth-order valence-electron chi connectivity index (χ4n) is 1.73. The normalized spacial score (nSPS) is 23.8. The zero-order chi connectivity index (χ0) is 10.8. The molecule has 2 rings (SSSR count). The van der Waals surface area contributed by atoms with E-state index in [2.05, 4.69) is 27.4 Å². The highest BCUT2D eigenvalue weighted by Gasteiger charge is 2.37. The van der Waals surface area contributed by atoms with Gasteiger partial charge >= 0.3 is 0 Å². The Kier molecular flexibility index (Phi) is 2.57. The lowest BCUT2D eigenvalue weighted by Crippen LogP contribution is -2.27. The molecule has 6 nitrogen and oxygen atoms in total. The molecule has 0 bridgehead atoms. The Morgan fingerprint density at radius 1 is 1.73 bits per heavy atom. The first-order valence-electron chi connectivity index (χ1n) is 5.19. The van der Waals surface area contributed by atoms with Crippen molar-refractivity contribution >= 4 is 11.9 Å².